The van der Waals surface area contributed by atoms with E-state index in [4.69, 9.17) is 4.42 Å². The van der Waals surface area contributed by atoms with E-state index in [2.05, 4.69) is 20.5 Å². The molecule has 2 N–H and O–H groups in total. The molecule has 0 saturated carbocycles. The van der Waals surface area contributed by atoms with E-state index >= 15 is 0 Å². The number of rotatable bonds is 8. The van der Waals surface area contributed by atoms with Crippen LogP contribution in [0.3, 0.4) is 0 Å². The van der Waals surface area contributed by atoms with Gasteiger partial charge in [-0.3, -0.25) is 9.69 Å². The summed E-state index contributed by atoms with van der Waals surface area (Å²) in [6, 6.07) is 0. The molecule has 0 radical (unpaired) electrons. The summed E-state index contributed by atoms with van der Waals surface area (Å²) < 4.78 is 5.65. The number of likely N-dealkylation sites (tertiary alicyclic amines) is 1. The number of oxazole rings is 1. The van der Waals surface area contributed by atoms with Gasteiger partial charge < -0.3 is 15.1 Å². The van der Waals surface area contributed by atoms with Gasteiger partial charge in [0.15, 0.2) is 0 Å². The molecule has 0 unspecified atom stereocenters. The van der Waals surface area contributed by atoms with E-state index in [9.17, 15) is 4.79 Å². The third-order valence-electron chi connectivity index (χ3n) is 4.56. The Balaban J connectivity index is 0.00000288. The topological polar surface area (TPSA) is 70.4 Å². The first-order chi connectivity index (χ1) is 11.1. The molecule has 146 valence electrons. The Morgan fingerprint density at radius 1 is 1.28 bits per heavy atom. The van der Waals surface area contributed by atoms with Crippen molar-refractivity contribution in [3.63, 3.8) is 0 Å². The minimum atomic E-state index is 0. The van der Waals surface area contributed by atoms with Gasteiger partial charge >= 0.3 is 0 Å². The maximum atomic E-state index is 11.7. The normalized spacial score (nSPS) is 15.3. The number of carbonyl (C=O) groups excluding carboxylic acids is 1. The van der Waals surface area contributed by atoms with Crippen molar-refractivity contribution in [2.75, 3.05) is 33.2 Å². The van der Waals surface area contributed by atoms with E-state index in [1.807, 2.05) is 20.9 Å². The molecular formula is C17H32Cl2N4O2. The summed E-state index contributed by atoms with van der Waals surface area (Å²) >= 11 is 0. The molecule has 0 bridgehead atoms. The zero-order valence-corrected chi connectivity index (χ0v) is 17.1. The predicted octanol–water partition coefficient (Wildman–Crippen LogP) is 2.46. The lowest BCUT2D eigenvalue weighted by Crippen LogP contribution is -2.38. The zero-order chi connectivity index (χ0) is 16.7. The summed E-state index contributed by atoms with van der Waals surface area (Å²) in [6.07, 6.45) is 3.75. The monoisotopic (exact) mass is 394 g/mol. The third kappa shape index (κ3) is 8.40. The Hall–Kier alpha value is -0.820. The lowest BCUT2D eigenvalue weighted by atomic mass is 9.96. The Bertz CT molecular complexity index is 483. The van der Waals surface area contributed by atoms with Gasteiger partial charge in [0, 0.05) is 13.0 Å². The van der Waals surface area contributed by atoms with Gasteiger partial charge in [-0.1, -0.05) is 0 Å². The second-order valence-corrected chi connectivity index (χ2v) is 6.48. The largest absolute Gasteiger partial charge is 0.444 e. The van der Waals surface area contributed by atoms with Crippen LogP contribution in [0.15, 0.2) is 4.42 Å². The van der Waals surface area contributed by atoms with E-state index in [-0.39, 0.29) is 30.7 Å². The van der Waals surface area contributed by atoms with Gasteiger partial charge in [-0.05, 0) is 65.7 Å². The summed E-state index contributed by atoms with van der Waals surface area (Å²) in [5, 5.41) is 6.13. The summed E-state index contributed by atoms with van der Waals surface area (Å²) in [7, 11) is 1.91. The van der Waals surface area contributed by atoms with Crippen LogP contribution in [0.4, 0.5) is 0 Å². The first-order valence-corrected chi connectivity index (χ1v) is 8.65. The molecule has 1 aliphatic heterocycles. The highest BCUT2D eigenvalue weighted by Crippen LogP contribution is 2.19. The number of piperidine rings is 1. The molecule has 1 aromatic heterocycles. The molecule has 0 spiro atoms. The molecule has 8 heteroatoms. The van der Waals surface area contributed by atoms with Crippen molar-refractivity contribution in [3.05, 3.63) is 17.3 Å². The number of carbonyl (C=O) groups is 1. The smallest absolute Gasteiger partial charge is 0.220 e. The molecule has 2 rings (SSSR count). The van der Waals surface area contributed by atoms with Crippen LogP contribution < -0.4 is 10.6 Å². The van der Waals surface area contributed by atoms with E-state index < -0.39 is 0 Å². The minimum absolute atomic E-state index is 0. The van der Waals surface area contributed by atoms with Crippen molar-refractivity contribution in [2.24, 2.45) is 5.92 Å². The van der Waals surface area contributed by atoms with E-state index in [1.54, 1.807) is 0 Å². The Kier molecular flexibility index (Phi) is 12.1. The number of nitrogens with one attached hydrogen (secondary N) is 2. The molecule has 6 nitrogen and oxygen atoms in total. The highest BCUT2D eigenvalue weighted by Gasteiger charge is 2.21. The number of halogens is 2. The van der Waals surface area contributed by atoms with Crippen molar-refractivity contribution >= 4 is 30.7 Å². The molecule has 1 fully saturated rings. The van der Waals surface area contributed by atoms with E-state index in [0.29, 0.717) is 12.3 Å². The fourth-order valence-electron chi connectivity index (χ4n) is 2.92. The van der Waals surface area contributed by atoms with E-state index in [0.717, 1.165) is 69.3 Å². The number of nitrogens with zero attached hydrogens (tertiary/aromatic N) is 2. The molecule has 1 saturated heterocycles. The molecule has 0 atom stereocenters. The average molecular weight is 395 g/mol. The lowest BCUT2D eigenvalue weighted by molar-refractivity contribution is -0.121. The fourth-order valence-corrected chi connectivity index (χ4v) is 2.92. The van der Waals surface area contributed by atoms with Gasteiger partial charge in [-0.25, -0.2) is 4.98 Å². The first kappa shape index (κ1) is 24.2. The average Bonchev–Trinajstić information content (AvgIpc) is 2.85. The second-order valence-electron chi connectivity index (χ2n) is 6.48. The summed E-state index contributed by atoms with van der Waals surface area (Å²) in [4.78, 5) is 18.6. The quantitative estimate of drug-likeness (QED) is 0.662. The van der Waals surface area contributed by atoms with Crippen molar-refractivity contribution in [1.82, 2.24) is 20.5 Å². The maximum absolute atomic E-state index is 11.7. The summed E-state index contributed by atoms with van der Waals surface area (Å²) in [5.74, 6) is 2.49. The predicted molar refractivity (Wildman–Crippen MR) is 105 cm³/mol. The second kappa shape index (κ2) is 12.5. The van der Waals surface area contributed by atoms with Crippen LogP contribution in [-0.2, 0) is 11.3 Å². The van der Waals surface area contributed by atoms with Gasteiger partial charge in [0.2, 0.25) is 11.8 Å². The molecule has 0 aliphatic carbocycles. The fraction of sp³-hybridized carbons (Fsp3) is 0.765. The summed E-state index contributed by atoms with van der Waals surface area (Å²) in [5.41, 5.74) is 0.982. The van der Waals surface area contributed by atoms with Gasteiger partial charge in [0.25, 0.3) is 0 Å². The van der Waals surface area contributed by atoms with Crippen LogP contribution in [0.1, 0.15) is 43.0 Å². The highest BCUT2D eigenvalue weighted by molar-refractivity contribution is 5.85. The number of amides is 1. The molecule has 1 aliphatic rings. The summed E-state index contributed by atoms with van der Waals surface area (Å²) in [6.45, 7) is 8.51. The highest BCUT2D eigenvalue weighted by atomic mass is 35.5. The van der Waals surface area contributed by atoms with Crippen LogP contribution in [0, 0.1) is 19.8 Å². The first-order valence-electron chi connectivity index (χ1n) is 8.65. The Morgan fingerprint density at radius 2 is 1.96 bits per heavy atom. The van der Waals surface area contributed by atoms with Crippen LogP contribution in [-0.4, -0.2) is 49.0 Å². The van der Waals surface area contributed by atoms with Crippen molar-refractivity contribution in [2.45, 2.75) is 46.1 Å². The van der Waals surface area contributed by atoms with Crippen molar-refractivity contribution in [1.29, 1.82) is 0 Å². The Labute approximate surface area is 163 Å². The van der Waals surface area contributed by atoms with Gasteiger partial charge in [-0.2, -0.15) is 0 Å². The SMILES string of the molecule is CNCCCC(=O)NCC1CCN(Cc2nc(C)c(C)o2)CC1.Cl.Cl. The molecule has 1 aromatic rings. The maximum Gasteiger partial charge on any atom is 0.220 e. The minimum Gasteiger partial charge on any atom is -0.444 e. The zero-order valence-electron chi connectivity index (χ0n) is 15.5. The number of aryl methyl sites for hydroxylation is 2. The van der Waals surface area contributed by atoms with Crippen LogP contribution in [0.25, 0.3) is 0 Å². The van der Waals surface area contributed by atoms with Gasteiger partial charge in [0.1, 0.15) is 5.76 Å². The van der Waals surface area contributed by atoms with Gasteiger partial charge in [0.05, 0.1) is 12.2 Å². The van der Waals surface area contributed by atoms with Crippen LogP contribution >= 0.6 is 24.8 Å². The lowest BCUT2D eigenvalue weighted by Gasteiger charge is -2.31. The molecule has 2 heterocycles. The van der Waals surface area contributed by atoms with E-state index in [1.165, 1.54) is 0 Å². The molecule has 1 amide bonds. The number of aromatic nitrogens is 1. The van der Waals surface area contributed by atoms with Gasteiger partial charge in [-0.15, -0.1) is 24.8 Å². The molecule has 0 aromatic carbocycles. The van der Waals surface area contributed by atoms with Crippen LogP contribution in [0.2, 0.25) is 0 Å². The Morgan fingerprint density at radius 3 is 2.52 bits per heavy atom. The standard InChI is InChI=1S/C17H30N4O2.2ClH/c1-13-14(2)23-17(20-13)12-21-9-6-15(7-10-21)11-19-16(22)5-4-8-18-3;;/h15,18H,4-12H2,1-3H3,(H,19,22);2*1H. The molecule has 25 heavy (non-hydrogen) atoms. The third-order valence-corrected chi connectivity index (χ3v) is 4.56. The number of hydrogen-bond donors (Lipinski definition) is 2. The van der Waals surface area contributed by atoms with Crippen LogP contribution in [0.5, 0.6) is 0 Å². The number of hydrogen-bond acceptors (Lipinski definition) is 5. The van der Waals surface area contributed by atoms with Crippen molar-refractivity contribution in [3.8, 4) is 0 Å². The van der Waals surface area contributed by atoms with Crippen molar-refractivity contribution < 1.29 is 9.21 Å². The molecular weight excluding hydrogens is 363 g/mol.